The zero-order valence-electron chi connectivity index (χ0n) is 13.5. The summed E-state index contributed by atoms with van der Waals surface area (Å²) in [6.45, 7) is 10.9. The van der Waals surface area contributed by atoms with Crippen LogP contribution in [0.5, 0.6) is 0 Å². The summed E-state index contributed by atoms with van der Waals surface area (Å²) in [5.74, 6) is 0. The fourth-order valence-electron chi connectivity index (χ4n) is 3.26. The Morgan fingerprint density at radius 3 is 2.42 bits per heavy atom. The molecule has 1 atom stereocenters. The Morgan fingerprint density at radius 1 is 1.26 bits per heavy atom. The molecule has 0 aromatic carbocycles. The molecule has 1 unspecified atom stereocenters. The molecule has 3 heteroatoms. The molecule has 3 nitrogen and oxygen atoms in total. The zero-order chi connectivity index (χ0) is 14.4. The van der Waals surface area contributed by atoms with Crippen molar-refractivity contribution >= 4 is 0 Å². The van der Waals surface area contributed by atoms with Crippen molar-refractivity contribution < 1.29 is 5.11 Å². The summed E-state index contributed by atoms with van der Waals surface area (Å²) in [6.07, 6.45) is 6.70. The van der Waals surface area contributed by atoms with Gasteiger partial charge in [0.2, 0.25) is 0 Å². The van der Waals surface area contributed by atoms with Crippen molar-refractivity contribution in [1.29, 1.82) is 0 Å². The van der Waals surface area contributed by atoms with Gasteiger partial charge in [-0.05, 0) is 44.7 Å². The second kappa shape index (κ2) is 7.61. The second-order valence-electron chi connectivity index (χ2n) is 6.94. The van der Waals surface area contributed by atoms with Gasteiger partial charge in [-0.3, -0.25) is 0 Å². The lowest BCUT2D eigenvalue weighted by Crippen LogP contribution is -2.46. The quantitative estimate of drug-likeness (QED) is 0.632. The van der Waals surface area contributed by atoms with E-state index in [2.05, 4.69) is 38.0 Å². The highest BCUT2D eigenvalue weighted by Crippen LogP contribution is 2.31. The first kappa shape index (κ1) is 16.9. The van der Waals surface area contributed by atoms with E-state index >= 15 is 0 Å². The molecule has 1 aliphatic rings. The minimum atomic E-state index is -0.416. The minimum absolute atomic E-state index is 0.304. The van der Waals surface area contributed by atoms with E-state index in [0.717, 1.165) is 39.0 Å². The van der Waals surface area contributed by atoms with Crippen LogP contribution < -0.4 is 5.32 Å². The number of likely N-dealkylation sites (N-methyl/N-ethyl adjacent to an activating group) is 1. The summed E-state index contributed by atoms with van der Waals surface area (Å²) in [5.41, 5.74) is -0.112. The van der Waals surface area contributed by atoms with Crippen LogP contribution in [0.2, 0.25) is 0 Å². The first-order valence-electron chi connectivity index (χ1n) is 8.05. The third kappa shape index (κ3) is 5.80. The van der Waals surface area contributed by atoms with Crippen molar-refractivity contribution in [3.8, 4) is 0 Å². The summed E-state index contributed by atoms with van der Waals surface area (Å²) in [5, 5.41) is 14.0. The maximum atomic E-state index is 10.5. The number of hydrogen-bond acceptors (Lipinski definition) is 3. The average Bonchev–Trinajstić information content (AvgIpc) is 2.75. The Balaban J connectivity index is 2.40. The van der Waals surface area contributed by atoms with Crippen LogP contribution in [0.4, 0.5) is 0 Å². The monoisotopic (exact) mass is 270 g/mol. The Bertz CT molecular complexity index is 251. The number of hydrogen-bond donors (Lipinski definition) is 2. The fraction of sp³-hybridized carbons (Fsp3) is 1.00. The molecule has 1 rings (SSSR count). The van der Waals surface area contributed by atoms with Gasteiger partial charge in [-0.15, -0.1) is 0 Å². The van der Waals surface area contributed by atoms with Gasteiger partial charge in [0.25, 0.3) is 0 Å². The third-order valence-electron chi connectivity index (χ3n) is 4.58. The van der Waals surface area contributed by atoms with E-state index in [4.69, 9.17) is 0 Å². The van der Waals surface area contributed by atoms with Gasteiger partial charge >= 0.3 is 0 Å². The van der Waals surface area contributed by atoms with E-state index < -0.39 is 5.60 Å². The van der Waals surface area contributed by atoms with Crippen LogP contribution >= 0.6 is 0 Å². The third-order valence-corrected chi connectivity index (χ3v) is 4.58. The Morgan fingerprint density at radius 2 is 1.89 bits per heavy atom. The van der Waals surface area contributed by atoms with Crippen LogP contribution in [0, 0.1) is 5.41 Å². The van der Waals surface area contributed by atoms with Crippen LogP contribution in [-0.4, -0.2) is 48.8 Å². The SMILES string of the molecule is CCCNCC(C)(CC)CN(C)CC1(O)CCCC1. The number of nitrogens with one attached hydrogen (secondary N) is 1. The smallest absolute Gasteiger partial charge is 0.0774 e. The highest BCUT2D eigenvalue weighted by Gasteiger charge is 2.33. The molecule has 1 aliphatic carbocycles. The standard InChI is InChI=1S/C16H34N2O/c1-5-11-17-12-15(3,6-2)13-18(4)14-16(19)9-7-8-10-16/h17,19H,5-14H2,1-4H3. The lowest BCUT2D eigenvalue weighted by atomic mass is 9.86. The van der Waals surface area contributed by atoms with E-state index in [1.165, 1.54) is 25.7 Å². The molecule has 0 amide bonds. The van der Waals surface area contributed by atoms with Crippen LogP contribution in [0.3, 0.4) is 0 Å². The summed E-state index contributed by atoms with van der Waals surface area (Å²) < 4.78 is 0. The summed E-state index contributed by atoms with van der Waals surface area (Å²) in [4.78, 5) is 2.34. The first-order chi connectivity index (χ1) is 8.93. The normalized spacial score (nSPS) is 21.8. The van der Waals surface area contributed by atoms with Crippen molar-refractivity contribution in [3.05, 3.63) is 0 Å². The molecule has 0 aromatic heterocycles. The Kier molecular flexibility index (Phi) is 6.78. The molecule has 0 aliphatic heterocycles. The van der Waals surface area contributed by atoms with Gasteiger partial charge < -0.3 is 15.3 Å². The molecular weight excluding hydrogens is 236 g/mol. The lowest BCUT2D eigenvalue weighted by Gasteiger charge is -2.36. The van der Waals surface area contributed by atoms with Crippen molar-refractivity contribution in [2.24, 2.45) is 5.41 Å². The topological polar surface area (TPSA) is 35.5 Å². The second-order valence-corrected chi connectivity index (χ2v) is 6.94. The van der Waals surface area contributed by atoms with Crippen molar-refractivity contribution in [2.45, 2.75) is 64.9 Å². The molecule has 2 N–H and O–H groups in total. The largest absolute Gasteiger partial charge is 0.389 e. The van der Waals surface area contributed by atoms with E-state index in [1.807, 2.05) is 0 Å². The highest BCUT2D eigenvalue weighted by atomic mass is 16.3. The zero-order valence-corrected chi connectivity index (χ0v) is 13.5. The van der Waals surface area contributed by atoms with E-state index in [9.17, 15) is 5.11 Å². The van der Waals surface area contributed by atoms with Gasteiger partial charge in [0, 0.05) is 19.6 Å². The van der Waals surface area contributed by atoms with E-state index in [0.29, 0.717) is 5.41 Å². The van der Waals surface area contributed by atoms with Crippen LogP contribution in [0.15, 0.2) is 0 Å². The molecule has 0 aromatic rings. The molecular formula is C16H34N2O. The summed E-state index contributed by atoms with van der Waals surface area (Å²) in [6, 6.07) is 0. The van der Waals surface area contributed by atoms with Crippen LogP contribution in [0.1, 0.15) is 59.3 Å². The summed E-state index contributed by atoms with van der Waals surface area (Å²) in [7, 11) is 2.16. The van der Waals surface area contributed by atoms with Crippen LogP contribution in [-0.2, 0) is 0 Å². The van der Waals surface area contributed by atoms with E-state index in [-0.39, 0.29) is 0 Å². The van der Waals surface area contributed by atoms with Gasteiger partial charge in [0.15, 0.2) is 0 Å². The Hall–Kier alpha value is -0.120. The molecule has 0 bridgehead atoms. The van der Waals surface area contributed by atoms with E-state index in [1.54, 1.807) is 0 Å². The van der Waals surface area contributed by atoms with Gasteiger partial charge in [-0.25, -0.2) is 0 Å². The van der Waals surface area contributed by atoms with Crippen molar-refractivity contribution in [2.75, 3.05) is 33.2 Å². The van der Waals surface area contributed by atoms with Gasteiger partial charge in [-0.2, -0.15) is 0 Å². The molecule has 19 heavy (non-hydrogen) atoms. The van der Waals surface area contributed by atoms with Gasteiger partial charge in [0.1, 0.15) is 0 Å². The van der Waals surface area contributed by atoms with Gasteiger partial charge in [-0.1, -0.05) is 33.6 Å². The molecule has 114 valence electrons. The molecule has 0 spiro atoms. The number of rotatable bonds is 9. The van der Waals surface area contributed by atoms with Gasteiger partial charge in [0.05, 0.1) is 5.60 Å². The summed E-state index contributed by atoms with van der Waals surface area (Å²) >= 11 is 0. The van der Waals surface area contributed by atoms with Crippen molar-refractivity contribution in [1.82, 2.24) is 10.2 Å². The molecule has 1 fully saturated rings. The molecule has 0 radical (unpaired) electrons. The average molecular weight is 270 g/mol. The maximum absolute atomic E-state index is 10.5. The molecule has 0 heterocycles. The number of aliphatic hydroxyl groups is 1. The Labute approximate surface area is 119 Å². The molecule has 1 saturated carbocycles. The lowest BCUT2D eigenvalue weighted by molar-refractivity contribution is 0.00642. The van der Waals surface area contributed by atoms with Crippen molar-refractivity contribution in [3.63, 3.8) is 0 Å². The molecule has 0 saturated heterocycles. The fourth-order valence-corrected chi connectivity index (χ4v) is 3.26. The highest BCUT2D eigenvalue weighted by molar-refractivity contribution is 4.88. The first-order valence-corrected chi connectivity index (χ1v) is 8.05. The van der Waals surface area contributed by atoms with Crippen LogP contribution in [0.25, 0.3) is 0 Å². The predicted molar refractivity (Wildman–Crippen MR) is 82.5 cm³/mol. The minimum Gasteiger partial charge on any atom is -0.389 e. The predicted octanol–water partition coefficient (Wildman–Crippen LogP) is 2.64. The maximum Gasteiger partial charge on any atom is 0.0774 e. The number of nitrogens with zero attached hydrogens (tertiary/aromatic N) is 1.